The molecule has 1 aliphatic heterocycles. The maximum atomic E-state index is 8.88. The SMILES string of the molecule is CCCCN1CC(C)(C)N(C)CC1CC#N. The molecule has 0 aliphatic carbocycles. The van der Waals surface area contributed by atoms with Crippen molar-refractivity contribution in [2.45, 2.75) is 51.6 Å². The predicted octanol–water partition coefficient (Wildman–Crippen LogP) is 2.09. The van der Waals surface area contributed by atoms with Crippen LogP contribution >= 0.6 is 0 Å². The van der Waals surface area contributed by atoms with Crippen molar-refractivity contribution in [2.24, 2.45) is 0 Å². The number of rotatable bonds is 4. The largest absolute Gasteiger partial charge is 0.298 e. The molecule has 1 rings (SSSR count). The molecule has 0 bridgehead atoms. The topological polar surface area (TPSA) is 30.3 Å². The van der Waals surface area contributed by atoms with E-state index in [2.05, 4.69) is 43.7 Å². The van der Waals surface area contributed by atoms with E-state index in [1.54, 1.807) is 0 Å². The number of piperazine rings is 1. The van der Waals surface area contributed by atoms with Crippen molar-refractivity contribution in [2.75, 3.05) is 26.7 Å². The van der Waals surface area contributed by atoms with Crippen LogP contribution < -0.4 is 0 Å². The number of unbranched alkanes of at least 4 members (excludes halogenated alkanes) is 1. The van der Waals surface area contributed by atoms with E-state index in [0.717, 1.165) is 19.6 Å². The lowest BCUT2D eigenvalue weighted by atomic mass is 9.95. The maximum Gasteiger partial charge on any atom is 0.0638 e. The molecule has 0 aromatic heterocycles. The molecule has 16 heavy (non-hydrogen) atoms. The predicted molar refractivity (Wildman–Crippen MR) is 67.2 cm³/mol. The normalized spacial score (nSPS) is 26.6. The Morgan fingerprint density at radius 3 is 2.69 bits per heavy atom. The molecule has 3 heteroatoms. The zero-order valence-electron chi connectivity index (χ0n) is 11.2. The maximum absolute atomic E-state index is 8.88. The Labute approximate surface area is 100 Å². The van der Waals surface area contributed by atoms with Gasteiger partial charge in [-0.3, -0.25) is 9.80 Å². The molecule has 1 aliphatic rings. The van der Waals surface area contributed by atoms with Crippen molar-refractivity contribution in [3.8, 4) is 6.07 Å². The molecule has 0 aromatic carbocycles. The smallest absolute Gasteiger partial charge is 0.0638 e. The van der Waals surface area contributed by atoms with Gasteiger partial charge in [0.05, 0.1) is 12.5 Å². The van der Waals surface area contributed by atoms with Gasteiger partial charge in [-0.1, -0.05) is 13.3 Å². The summed E-state index contributed by atoms with van der Waals surface area (Å²) in [5.41, 5.74) is 0.236. The van der Waals surface area contributed by atoms with Crippen molar-refractivity contribution >= 4 is 0 Å². The molecular weight excluding hydrogens is 198 g/mol. The lowest BCUT2D eigenvalue weighted by molar-refractivity contribution is -0.000126. The fourth-order valence-electron chi connectivity index (χ4n) is 2.35. The highest BCUT2D eigenvalue weighted by Crippen LogP contribution is 2.24. The number of nitrogens with zero attached hydrogens (tertiary/aromatic N) is 3. The van der Waals surface area contributed by atoms with Crippen LogP contribution in [0.5, 0.6) is 0 Å². The molecule has 0 radical (unpaired) electrons. The molecule has 1 fully saturated rings. The standard InChI is InChI=1S/C13H25N3/c1-5-6-9-16-11-13(2,3)15(4)10-12(16)7-8-14/h12H,5-7,9-11H2,1-4H3. The minimum Gasteiger partial charge on any atom is -0.298 e. The summed E-state index contributed by atoms with van der Waals surface area (Å²) in [6.45, 7) is 10.0. The fraction of sp³-hybridized carbons (Fsp3) is 0.923. The lowest BCUT2D eigenvalue weighted by Crippen LogP contribution is -2.61. The number of hydrogen-bond acceptors (Lipinski definition) is 3. The van der Waals surface area contributed by atoms with Crippen LogP contribution in [-0.2, 0) is 0 Å². The Morgan fingerprint density at radius 2 is 2.12 bits per heavy atom. The van der Waals surface area contributed by atoms with Crippen LogP contribution in [0.15, 0.2) is 0 Å². The van der Waals surface area contributed by atoms with Gasteiger partial charge in [0, 0.05) is 24.7 Å². The second-order valence-electron chi connectivity index (χ2n) is 5.53. The first-order valence-corrected chi connectivity index (χ1v) is 6.33. The van der Waals surface area contributed by atoms with E-state index in [9.17, 15) is 0 Å². The van der Waals surface area contributed by atoms with Crippen molar-refractivity contribution in [3.63, 3.8) is 0 Å². The highest BCUT2D eigenvalue weighted by Gasteiger charge is 2.36. The monoisotopic (exact) mass is 223 g/mol. The van der Waals surface area contributed by atoms with Crippen LogP contribution in [0.4, 0.5) is 0 Å². The summed E-state index contributed by atoms with van der Waals surface area (Å²) >= 11 is 0. The first kappa shape index (κ1) is 13.5. The van der Waals surface area contributed by atoms with E-state index >= 15 is 0 Å². The van der Waals surface area contributed by atoms with Crippen molar-refractivity contribution in [3.05, 3.63) is 0 Å². The number of nitriles is 1. The third-order valence-corrected chi connectivity index (χ3v) is 3.75. The molecule has 3 nitrogen and oxygen atoms in total. The minimum absolute atomic E-state index is 0.236. The van der Waals surface area contributed by atoms with E-state index < -0.39 is 0 Å². The van der Waals surface area contributed by atoms with Gasteiger partial charge in [0.15, 0.2) is 0 Å². The third kappa shape index (κ3) is 3.20. The summed E-state index contributed by atoms with van der Waals surface area (Å²) in [5, 5.41) is 8.88. The summed E-state index contributed by atoms with van der Waals surface area (Å²) in [5.74, 6) is 0. The van der Waals surface area contributed by atoms with Crippen LogP contribution in [0, 0.1) is 11.3 Å². The van der Waals surface area contributed by atoms with E-state index in [4.69, 9.17) is 5.26 Å². The zero-order valence-corrected chi connectivity index (χ0v) is 11.2. The van der Waals surface area contributed by atoms with E-state index in [-0.39, 0.29) is 5.54 Å². The Bertz CT molecular complexity index is 254. The van der Waals surface area contributed by atoms with E-state index in [1.807, 2.05) is 0 Å². The molecule has 1 heterocycles. The highest BCUT2D eigenvalue weighted by atomic mass is 15.3. The van der Waals surface area contributed by atoms with Gasteiger partial charge in [-0.15, -0.1) is 0 Å². The molecule has 1 unspecified atom stereocenters. The molecule has 0 saturated carbocycles. The summed E-state index contributed by atoms with van der Waals surface area (Å²) < 4.78 is 0. The lowest BCUT2D eigenvalue weighted by Gasteiger charge is -2.49. The molecule has 0 amide bonds. The summed E-state index contributed by atoms with van der Waals surface area (Å²) in [4.78, 5) is 4.89. The van der Waals surface area contributed by atoms with Gasteiger partial charge in [-0.2, -0.15) is 5.26 Å². The van der Waals surface area contributed by atoms with Crippen LogP contribution in [0.1, 0.15) is 40.0 Å². The van der Waals surface area contributed by atoms with Gasteiger partial charge in [-0.25, -0.2) is 0 Å². The van der Waals surface area contributed by atoms with Gasteiger partial charge in [0.1, 0.15) is 0 Å². The Kier molecular flexibility index (Phi) is 4.76. The highest BCUT2D eigenvalue weighted by molar-refractivity contribution is 4.96. The average Bonchev–Trinajstić information content (AvgIpc) is 2.21. The Morgan fingerprint density at radius 1 is 1.44 bits per heavy atom. The van der Waals surface area contributed by atoms with Gasteiger partial charge < -0.3 is 0 Å². The number of hydrogen-bond donors (Lipinski definition) is 0. The fourth-order valence-corrected chi connectivity index (χ4v) is 2.35. The number of likely N-dealkylation sites (N-methyl/N-ethyl adjacent to an activating group) is 1. The summed E-state index contributed by atoms with van der Waals surface area (Å²) in [6, 6.07) is 2.75. The molecule has 1 atom stereocenters. The van der Waals surface area contributed by atoms with Crippen LogP contribution in [0.25, 0.3) is 0 Å². The van der Waals surface area contributed by atoms with Gasteiger partial charge in [0.2, 0.25) is 0 Å². The molecule has 0 spiro atoms. The molecule has 0 N–H and O–H groups in total. The minimum atomic E-state index is 0.236. The van der Waals surface area contributed by atoms with Gasteiger partial charge in [-0.05, 0) is 33.9 Å². The van der Waals surface area contributed by atoms with Crippen LogP contribution in [0.2, 0.25) is 0 Å². The second kappa shape index (κ2) is 5.65. The van der Waals surface area contributed by atoms with E-state index in [1.165, 1.54) is 12.8 Å². The first-order chi connectivity index (χ1) is 7.51. The van der Waals surface area contributed by atoms with Crippen LogP contribution in [0.3, 0.4) is 0 Å². The van der Waals surface area contributed by atoms with Gasteiger partial charge in [0.25, 0.3) is 0 Å². The summed E-state index contributed by atoms with van der Waals surface area (Å²) in [7, 11) is 2.17. The van der Waals surface area contributed by atoms with Gasteiger partial charge >= 0.3 is 0 Å². The first-order valence-electron chi connectivity index (χ1n) is 6.33. The van der Waals surface area contributed by atoms with Crippen molar-refractivity contribution in [1.29, 1.82) is 5.26 Å². The Balaban J connectivity index is 2.64. The van der Waals surface area contributed by atoms with Crippen LogP contribution in [-0.4, -0.2) is 48.1 Å². The van der Waals surface area contributed by atoms with Crippen molar-refractivity contribution in [1.82, 2.24) is 9.80 Å². The molecule has 1 saturated heterocycles. The Hall–Kier alpha value is -0.590. The average molecular weight is 223 g/mol. The molecular formula is C13H25N3. The second-order valence-corrected chi connectivity index (χ2v) is 5.53. The quantitative estimate of drug-likeness (QED) is 0.731. The third-order valence-electron chi connectivity index (χ3n) is 3.75. The zero-order chi connectivity index (χ0) is 12.2. The molecule has 0 aromatic rings. The molecule has 92 valence electrons. The van der Waals surface area contributed by atoms with E-state index in [0.29, 0.717) is 12.5 Å². The summed E-state index contributed by atoms with van der Waals surface area (Å²) in [6.07, 6.45) is 3.12. The van der Waals surface area contributed by atoms with Crippen molar-refractivity contribution < 1.29 is 0 Å².